The fourth-order valence-electron chi connectivity index (χ4n) is 1.16. The van der Waals surface area contributed by atoms with Gasteiger partial charge in [0.2, 0.25) is 0 Å². The Balaban J connectivity index is 2.36. The second-order valence-corrected chi connectivity index (χ2v) is 4.15. The monoisotopic (exact) mass is 236 g/mol. The van der Waals surface area contributed by atoms with Gasteiger partial charge in [-0.15, -0.1) is 0 Å². The third-order valence-electron chi connectivity index (χ3n) is 2.09. The summed E-state index contributed by atoms with van der Waals surface area (Å²) in [6.07, 6.45) is 3.88. The predicted molar refractivity (Wildman–Crippen MR) is 61.2 cm³/mol. The third-order valence-corrected chi connectivity index (χ3v) is 3.06. The van der Waals surface area contributed by atoms with Crippen LogP contribution in [0.1, 0.15) is 18.3 Å². The molecule has 0 amide bonds. The molecule has 0 spiro atoms. The zero-order valence-corrected chi connectivity index (χ0v) is 9.91. The van der Waals surface area contributed by atoms with Crippen molar-refractivity contribution >= 4 is 17.6 Å². The number of oxazole rings is 1. The van der Waals surface area contributed by atoms with Gasteiger partial charge in [-0.3, -0.25) is 0 Å². The number of nitrogen functional groups attached to an aromatic ring is 1. The summed E-state index contributed by atoms with van der Waals surface area (Å²) in [4.78, 5) is 12.6. The van der Waals surface area contributed by atoms with Crippen LogP contribution < -0.4 is 5.73 Å². The highest BCUT2D eigenvalue weighted by atomic mass is 32.2. The Hall–Kier alpha value is -1.56. The topological polar surface area (TPSA) is 77.8 Å². The molecule has 2 rings (SSSR count). The Morgan fingerprint density at radius 1 is 1.44 bits per heavy atom. The minimum absolute atomic E-state index is 0.515. The van der Waals surface area contributed by atoms with Crippen molar-refractivity contribution in [2.45, 2.75) is 30.5 Å². The molecule has 0 aliphatic rings. The molecular formula is C10H12N4OS. The number of anilines is 1. The number of aromatic nitrogens is 3. The maximum Gasteiger partial charge on any atom is 0.261 e. The summed E-state index contributed by atoms with van der Waals surface area (Å²) in [6, 6.07) is 0. The van der Waals surface area contributed by atoms with Gasteiger partial charge in [-0.25, -0.2) is 15.0 Å². The van der Waals surface area contributed by atoms with Crippen LogP contribution in [0.25, 0.3) is 0 Å². The maximum atomic E-state index is 5.81. The lowest BCUT2D eigenvalue weighted by atomic mass is 10.3. The van der Waals surface area contributed by atoms with Gasteiger partial charge in [0, 0.05) is 12.0 Å². The minimum Gasteiger partial charge on any atom is -0.440 e. The molecule has 0 aliphatic carbocycles. The highest BCUT2D eigenvalue weighted by molar-refractivity contribution is 7.99. The molecule has 2 N–H and O–H groups in total. The summed E-state index contributed by atoms with van der Waals surface area (Å²) in [5.41, 5.74) is 6.67. The summed E-state index contributed by atoms with van der Waals surface area (Å²) in [5.74, 6) is 1.25. The van der Waals surface area contributed by atoms with Crippen molar-refractivity contribution in [2.75, 3.05) is 5.73 Å². The van der Waals surface area contributed by atoms with E-state index >= 15 is 0 Å². The van der Waals surface area contributed by atoms with Crippen molar-refractivity contribution in [1.82, 2.24) is 15.0 Å². The number of nitrogens with zero attached hydrogens (tertiary/aromatic N) is 3. The number of hydrogen-bond acceptors (Lipinski definition) is 6. The molecule has 84 valence electrons. The van der Waals surface area contributed by atoms with Gasteiger partial charge in [0.15, 0.2) is 0 Å². The lowest BCUT2D eigenvalue weighted by Crippen LogP contribution is -2.03. The molecular weight excluding hydrogens is 224 g/mol. The Kier molecular flexibility index (Phi) is 3.09. The van der Waals surface area contributed by atoms with E-state index in [9.17, 15) is 0 Å². The first kappa shape index (κ1) is 10.9. The Labute approximate surface area is 97.5 Å². The van der Waals surface area contributed by atoms with Crippen LogP contribution in [0.15, 0.2) is 27.1 Å². The van der Waals surface area contributed by atoms with E-state index in [2.05, 4.69) is 15.0 Å². The molecule has 0 unspecified atom stereocenters. The molecule has 0 radical (unpaired) electrons. The summed E-state index contributed by atoms with van der Waals surface area (Å²) in [7, 11) is 0. The largest absolute Gasteiger partial charge is 0.440 e. The van der Waals surface area contributed by atoms with Gasteiger partial charge in [-0.1, -0.05) is 6.92 Å². The average molecular weight is 236 g/mol. The van der Waals surface area contributed by atoms with Crippen molar-refractivity contribution in [3.63, 3.8) is 0 Å². The van der Waals surface area contributed by atoms with Crippen LogP contribution in [-0.4, -0.2) is 15.0 Å². The van der Waals surface area contributed by atoms with E-state index in [1.54, 1.807) is 6.20 Å². The molecule has 0 bridgehead atoms. The number of aryl methyl sites for hydroxylation is 1. The zero-order chi connectivity index (χ0) is 11.5. The van der Waals surface area contributed by atoms with Crippen LogP contribution in [0.5, 0.6) is 0 Å². The summed E-state index contributed by atoms with van der Waals surface area (Å²) < 4.78 is 5.16. The average Bonchev–Trinajstić information content (AvgIpc) is 2.77. The van der Waals surface area contributed by atoms with E-state index in [0.717, 1.165) is 22.8 Å². The molecule has 6 heteroatoms. The molecule has 0 saturated carbocycles. The molecule has 16 heavy (non-hydrogen) atoms. The first-order valence-electron chi connectivity index (χ1n) is 4.91. The first-order chi connectivity index (χ1) is 7.70. The van der Waals surface area contributed by atoms with Gasteiger partial charge >= 0.3 is 0 Å². The molecule has 0 saturated heterocycles. The fraction of sp³-hybridized carbons (Fsp3) is 0.300. The smallest absolute Gasteiger partial charge is 0.261 e. The van der Waals surface area contributed by atoms with Crippen LogP contribution >= 0.6 is 11.8 Å². The summed E-state index contributed by atoms with van der Waals surface area (Å²) in [5, 5.41) is 1.36. The maximum absolute atomic E-state index is 5.81. The fourth-order valence-corrected chi connectivity index (χ4v) is 1.95. The quantitative estimate of drug-likeness (QED) is 0.822. The van der Waals surface area contributed by atoms with E-state index in [-0.39, 0.29) is 0 Å². The Morgan fingerprint density at radius 2 is 2.25 bits per heavy atom. The zero-order valence-electron chi connectivity index (χ0n) is 9.10. The van der Waals surface area contributed by atoms with E-state index in [0.29, 0.717) is 11.0 Å². The minimum atomic E-state index is 0.515. The van der Waals surface area contributed by atoms with E-state index in [4.69, 9.17) is 10.2 Å². The predicted octanol–water partition coefficient (Wildman–Crippen LogP) is 2.07. The van der Waals surface area contributed by atoms with Gasteiger partial charge in [0.1, 0.15) is 22.9 Å². The lowest BCUT2D eigenvalue weighted by Gasteiger charge is -2.06. The summed E-state index contributed by atoms with van der Waals surface area (Å²) >= 11 is 1.36. The number of rotatable bonds is 3. The highest BCUT2D eigenvalue weighted by Gasteiger charge is 2.11. The molecule has 0 fully saturated rings. The molecule has 0 atom stereocenters. The SMILES string of the molecule is CCc1nc(N)c(C)c(Sc2ncco2)n1. The van der Waals surface area contributed by atoms with Crippen molar-refractivity contribution < 1.29 is 4.42 Å². The van der Waals surface area contributed by atoms with Crippen LogP contribution in [0, 0.1) is 6.92 Å². The van der Waals surface area contributed by atoms with Gasteiger partial charge in [-0.05, 0) is 18.7 Å². The van der Waals surface area contributed by atoms with Crippen LogP contribution in [0.4, 0.5) is 5.82 Å². The lowest BCUT2D eigenvalue weighted by molar-refractivity contribution is 0.454. The third kappa shape index (κ3) is 2.16. The molecule has 0 aliphatic heterocycles. The van der Waals surface area contributed by atoms with Gasteiger partial charge < -0.3 is 10.2 Å². The van der Waals surface area contributed by atoms with Crippen LogP contribution in [-0.2, 0) is 6.42 Å². The van der Waals surface area contributed by atoms with Crippen molar-refractivity contribution in [3.8, 4) is 0 Å². The van der Waals surface area contributed by atoms with Crippen molar-refractivity contribution in [1.29, 1.82) is 0 Å². The molecule has 2 aromatic rings. The van der Waals surface area contributed by atoms with Gasteiger partial charge in [0.25, 0.3) is 5.22 Å². The van der Waals surface area contributed by atoms with Gasteiger partial charge in [0.05, 0.1) is 6.20 Å². The van der Waals surface area contributed by atoms with Crippen LogP contribution in [0.2, 0.25) is 0 Å². The van der Waals surface area contributed by atoms with Gasteiger partial charge in [-0.2, -0.15) is 0 Å². The second kappa shape index (κ2) is 4.52. The molecule has 2 heterocycles. The number of hydrogen-bond donors (Lipinski definition) is 1. The molecule has 5 nitrogen and oxygen atoms in total. The van der Waals surface area contributed by atoms with Crippen molar-refractivity contribution in [3.05, 3.63) is 23.8 Å². The Morgan fingerprint density at radius 3 is 2.88 bits per heavy atom. The number of nitrogens with two attached hydrogens (primary N) is 1. The first-order valence-corrected chi connectivity index (χ1v) is 5.72. The highest BCUT2D eigenvalue weighted by Crippen LogP contribution is 2.29. The van der Waals surface area contributed by atoms with E-state index < -0.39 is 0 Å². The second-order valence-electron chi connectivity index (χ2n) is 3.21. The standard InChI is InChI=1S/C10H12N4OS/c1-3-7-13-8(11)6(2)9(14-7)16-10-12-4-5-15-10/h4-5H,3H2,1-2H3,(H2,11,13,14). The van der Waals surface area contributed by atoms with Crippen LogP contribution in [0.3, 0.4) is 0 Å². The molecule has 0 aromatic carbocycles. The van der Waals surface area contributed by atoms with E-state index in [1.807, 2.05) is 13.8 Å². The molecule has 2 aromatic heterocycles. The normalized spacial score (nSPS) is 10.6. The Bertz CT molecular complexity index is 484. The van der Waals surface area contributed by atoms with Crippen molar-refractivity contribution in [2.24, 2.45) is 0 Å². The summed E-state index contributed by atoms with van der Waals surface area (Å²) in [6.45, 7) is 3.88. The van der Waals surface area contributed by atoms with E-state index in [1.165, 1.54) is 18.0 Å².